The van der Waals surface area contributed by atoms with Crippen molar-refractivity contribution in [3.8, 4) is 5.88 Å². The summed E-state index contributed by atoms with van der Waals surface area (Å²) in [5, 5.41) is 2.96. The maximum Gasteiger partial charge on any atom is 0.213 e. The molecule has 0 aliphatic carbocycles. The third kappa shape index (κ3) is 2.63. The summed E-state index contributed by atoms with van der Waals surface area (Å²) in [5.41, 5.74) is 0.987. The molecular weight excluding hydrogens is 164 g/mol. The van der Waals surface area contributed by atoms with Gasteiger partial charge in [-0.15, -0.1) is 12.4 Å². The predicted molar refractivity (Wildman–Crippen MR) is 47.6 cm³/mol. The van der Waals surface area contributed by atoms with E-state index in [1.807, 2.05) is 19.2 Å². The number of ether oxygens (including phenoxy) is 1. The number of hydrogen-bond acceptors (Lipinski definition) is 3. The highest BCUT2D eigenvalue weighted by atomic mass is 35.5. The van der Waals surface area contributed by atoms with Gasteiger partial charge in [-0.3, -0.25) is 0 Å². The van der Waals surface area contributed by atoms with E-state index in [4.69, 9.17) is 4.74 Å². The number of pyridine rings is 1. The summed E-state index contributed by atoms with van der Waals surface area (Å²) < 4.78 is 4.87. The molecule has 0 atom stereocenters. The Labute approximate surface area is 72.2 Å². The molecule has 1 aromatic heterocycles. The minimum absolute atomic E-state index is 0. The van der Waals surface area contributed by atoms with Gasteiger partial charge >= 0.3 is 0 Å². The van der Waals surface area contributed by atoms with E-state index in [0.717, 1.165) is 5.69 Å². The Morgan fingerprint density at radius 2 is 2.18 bits per heavy atom. The maximum atomic E-state index is 4.87. The minimum Gasteiger partial charge on any atom is -0.481 e. The van der Waals surface area contributed by atoms with Crippen LogP contribution in [0.1, 0.15) is 0 Å². The van der Waals surface area contributed by atoms with Crippen molar-refractivity contribution in [1.29, 1.82) is 0 Å². The molecule has 0 spiro atoms. The Kier molecular flexibility index (Phi) is 4.38. The zero-order valence-electron chi connectivity index (χ0n) is 6.50. The Bertz CT molecular complexity index is 177. The molecule has 0 aliphatic rings. The quantitative estimate of drug-likeness (QED) is 0.739. The van der Waals surface area contributed by atoms with E-state index in [2.05, 4.69) is 10.3 Å². The summed E-state index contributed by atoms with van der Waals surface area (Å²) in [6.45, 7) is 0. The zero-order chi connectivity index (χ0) is 7.40. The van der Waals surface area contributed by atoms with Crippen LogP contribution < -0.4 is 10.1 Å². The molecule has 0 fully saturated rings. The molecule has 1 heterocycles. The van der Waals surface area contributed by atoms with Gasteiger partial charge in [0.1, 0.15) is 0 Å². The smallest absolute Gasteiger partial charge is 0.213 e. The molecule has 0 unspecified atom stereocenters. The van der Waals surface area contributed by atoms with E-state index in [1.54, 1.807) is 13.3 Å². The van der Waals surface area contributed by atoms with Crippen LogP contribution in [0.15, 0.2) is 18.3 Å². The first kappa shape index (κ1) is 10.0. The molecule has 62 valence electrons. The topological polar surface area (TPSA) is 34.1 Å². The van der Waals surface area contributed by atoms with Crippen LogP contribution in [0.5, 0.6) is 5.88 Å². The average Bonchev–Trinajstić information content (AvgIpc) is 2.05. The van der Waals surface area contributed by atoms with Crippen molar-refractivity contribution in [2.45, 2.75) is 0 Å². The van der Waals surface area contributed by atoms with Gasteiger partial charge < -0.3 is 10.1 Å². The molecule has 1 rings (SSSR count). The monoisotopic (exact) mass is 174 g/mol. The van der Waals surface area contributed by atoms with Gasteiger partial charge in [0.2, 0.25) is 5.88 Å². The first-order valence-electron chi connectivity index (χ1n) is 3.04. The highest BCUT2D eigenvalue weighted by Gasteiger charge is 1.90. The second-order valence-corrected chi connectivity index (χ2v) is 1.84. The lowest BCUT2D eigenvalue weighted by Crippen LogP contribution is -1.90. The van der Waals surface area contributed by atoms with E-state index in [9.17, 15) is 0 Å². The van der Waals surface area contributed by atoms with Crippen LogP contribution in [-0.4, -0.2) is 19.1 Å². The van der Waals surface area contributed by atoms with Crippen molar-refractivity contribution in [1.82, 2.24) is 4.98 Å². The van der Waals surface area contributed by atoms with Gasteiger partial charge in [0.15, 0.2) is 0 Å². The van der Waals surface area contributed by atoms with E-state index < -0.39 is 0 Å². The predicted octanol–water partition coefficient (Wildman–Crippen LogP) is 1.55. The molecule has 0 amide bonds. The SMILES string of the molecule is CNc1ccc(OC)nc1.Cl. The number of aromatic nitrogens is 1. The van der Waals surface area contributed by atoms with Crippen molar-refractivity contribution in [2.75, 3.05) is 19.5 Å². The second kappa shape index (κ2) is 4.79. The van der Waals surface area contributed by atoms with Gasteiger partial charge in [0.05, 0.1) is 19.0 Å². The fourth-order valence-electron chi connectivity index (χ4n) is 0.649. The van der Waals surface area contributed by atoms with E-state index >= 15 is 0 Å². The molecular formula is C7H11ClN2O. The van der Waals surface area contributed by atoms with Crippen molar-refractivity contribution in [3.05, 3.63) is 18.3 Å². The summed E-state index contributed by atoms with van der Waals surface area (Å²) in [7, 11) is 3.45. The molecule has 0 bridgehead atoms. The van der Waals surface area contributed by atoms with Crippen LogP contribution in [0, 0.1) is 0 Å². The third-order valence-electron chi connectivity index (χ3n) is 1.23. The van der Waals surface area contributed by atoms with Gasteiger partial charge in [-0.1, -0.05) is 0 Å². The maximum absolute atomic E-state index is 4.87. The molecule has 0 aliphatic heterocycles. The lowest BCUT2D eigenvalue weighted by Gasteiger charge is -1.99. The summed E-state index contributed by atoms with van der Waals surface area (Å²) in [6, 6.07) is 3.72. The number of nitrogens with one attached hydrogen (secondary N) is 1. The Hall–Kier alpha value is -0.960. The molecule has 0 aromatic carbocycles. The lowest BCUT2D eigenvalue weighted by molar-refractivity contribution is 0.398. The van der Waals surface area contributed by atoms with Crippen LogP contribution in [0.2, 0.25) is 0 Å². The van der Waals surface area contributed by atoms with E-state index in [1.165, 1.54) is 0 Å². The fraction of sp³-hybridized carbons (Fsp3) is 0.286. The minimum atomic E-state index is 0. The van der Waals surface area contributed by atoms with Crippen molar-refractivity contribution in [2.24, 2.45) is 0 Å². The van der Waals surface area contributed by atoms with Crippen LogP contribution in [0.4, 0.5) is 5.69 Å². The summed E-state index contributed by atoms with van der Waals surface area (Å²) in [6.07, 6.45) is 1.72. The Morgan fingerprint density at radius 1 is 1.45 bits per heavy atom. The number of rotatable bonds is 2. The summed E-state index contributed by atoms with van der Waals surface area (Å²) >= 11 is 0. The van der Waals surface area contributed by atoms with Gasteiger partial charge in [-0.05, 0) is 6.07 Å². The van der Waals surface area contributed by atoms with Gasteiger partial charge in [-0.2, -0.15) is 0 Å². The fourth-order valence-corrected chi connectivity index (χ4v) is 0.649. The second-order valence-electron chi connectivity index (χ2n) is 1.84. The third-order valence-corrected chi connectivity index (χ3v) is 1.23. The zero-order valence-corrected chi connectivity index (χ0v) is 7.31. The molecule has 0 saturated carbocycles. The lowest BCUT2D eigenvalue weighted by atomic mass is 10.4. The number of nitrogens with zero attached hydrogens (tertiary/aromatic N) is 1. The molecule has 0 saturated heterocycles. The summed E-state index contributed by atoms with van der Waals surface area (Å²) in [5.74, 6) is 0.638. The van der Waals surface area contributed by atoms with Crippen LogP contribution in [0.25, 0.3) is 0 Å². The molecule has 0 radical (unpaired) electrons. The molecule has 1 N–H and O–H groups in total. The van der Waals surface area contributed by atoms with E-state index in [0.29, 0.717) is 5.88 Å². The Morgan fingerprint density at radius 3 is 2.55 bits per heavy atom. The molecule has 1 aromatic rings. The number of methoxy groups -OCH3 is 1. The number of anilines is 1. The van der Waals surface area contributed by atoms with Crippen LogP contribution in [0.3, 0.4) is 0 Å². The number of hydrogen-bond donors (Lipinski definition) is 1. The van der Waals surface area contributed by atoms with Crippen LogP contribution in [-0.2, 0) is 0 Å². The van der Waals surface area contributed by atoms with Crippen molar-refractivity contribution >= 4 is 18.1 Å². The summed E-state index contributed by atoms with van der Waals surface area (Å²) in [4.78, 5) is 3.98. The average molecular weight is 175 g/mol. The normalized spacial score (nSPS) is 8.18. The van der Waals surface area contributed by atoms with E-state index in [-0.39, 0.29) is 12.4 Å². The molecule has 11 heavy (non-hydrogen) atoms. The van der Waals surface area contributed by atoms with Crippen molar-refractivity contribution < 1.29 is 4.74 Å². The first-order valence-corrected chi connectivity index (χ1v) is 3.04. The van der Waals surface area contributed by atoms with Gasteiger partial charge in [-0.25, -0.2) is 4.98 Å². The van der Waals surface area contributed by atoms with Gasteiger partial charge in [0.25, 0.3) is 0 Å². The highest BCUT2D eigenvalue weighted by Crippen LogP contribution is 2.09. The van der Waals surface area contributed by atoms with Gasteiger partial charge in [0, 0.05) is 13.1 Å². The molecule has 4 heteroatoms. The Balaban J connectivity index is 0.000001000. The van der Waals surface area contributed by atoms with Crippen molar-refractivity contribution in [3.63, 3.8) is 0 Å². The first-order chi connectivity index (χ1) is 4.86. The number of halogens is 1. The largest absolute Gasteiger partial charge is 0.481 e. The highest BCUT2D eigenvalue weighted by molar-refractivity contribution is 5.85. The standard InChI is InChI=1S/C7H10N2O.ClH/c1-8-6-3-4-7(10-2)9-5-6;/h3-5,8H,1-2H3;1H. The van der Waals surface area contributed by atoms with Crippen LogP contribution >= 0.6 is 12.4 Å². The molecule has 3 nitrogen and oxygen atoms in total.